The first-order valence-electron chi connectivity index (χ1n) is 7.15. The van der Waals surface area contributed by atoms with Gasteiger partial charge in [-0.15, -0.1) is 11.3 Å². The largest absolute Gasteiger partial charge is 0.312 e. The molecule has 0 atom stereocenters. The average molecular weight is 297 g/mol. The van der Waals surface area contributed by atoms with Gasteiger partial charge in [0, 0.05) is 12.1 Å². The van der Waals surface area contributed by atoms with E-state index in [1.54, 1.807) is 11.3 Å². The predicted molar refractivity (Wildman–Crippen MR) is 88.5 cm³/mol. The summed E-state index contributed by atoms with van der Waals surface area (Å²) in [6.07, 6.45) is 2.96. The Bertz CT molecular complexity index is 686. The molecule has 2 aromatic heterocycles. The second-order valence-corrected chi connectivity index (χ2v) is 6.11. The molecule has 0 amide bonds. The predicted octanol–water partition coefficient (Wildman–Crippen LogP) is 3.78. The zero-order chi connectivity index (χ0) is 14.5. The van der Waals surface area contributed by atoms with Crippen LogP contribution in [0.2, 0.25) is 0 Å². The second kappa shape index (κ2) is 6.70. The van der Waals surface area contributed by atoms with Gasteiger partial charge in [-0.25, -0.2) is 0 Å². The zero-order valence-corrected chi connectivity index (χ0v) is 12.9. The first-order chi connectivity index (χ1) is 10.3. The molecule has 1 aromatic carbocycles. The van der Waals surface area contributed by atoms with Crippen LogP contribution in [0.1, 0.15) is 16.7 Å². The summed E-state index contributed by atoms with van der Waals surface area (Å²) >= 11 is 1.73. The summed E-state index contributed by atoms with van der Waals surface area (Å²) < 4.78 is 0. The molecular weight excluding hydrogens is 278 g/mol. The summed E-state index contributed by atoms with van der Waals surface area (Å²) in [7, 11) is 0. The molecule has 0 unspecified atom stereocenters. The number of hydrogen-bond acceptors (Lipinski definition) is 3. The van der Waals surface area contributed by atoms with Crippen molar-refractivity contribution < 1.29 is 0 Å². The summed E-state index contributed by atoms with van der Waals surface area (Å²) in [6.45, 7) is 3.95. The van der Waals surface area contributed by atoms with Gasteiger partial charge in [-0.2, -0.15) is 5.10 Å². The van der Waals surface area contributed by atoms with Crippen molar-refractivity contribution in [2.45, 2.75) is 19.9 Å². The molecule has 0 saturated heterocycles. The number of aromatic nitrogens is 2. The van der Waals surface area contributed by atoms with Crippen molar-refractivity contribution in [1.82, 2.24) is 15.5 Å². The van der Waals surface area contributed by atoms with Crippen LogP contribution in [0.15, 0.2) is 48.0 Å². The van der Waals surface area contributed by atoms with Crippen LogP contribution >= 0.6 is 11.3 Å². The van der Waals surface area contributed by atoms with E-state index in [1.807, 2.05) is 6.20 Å². The van der Waals surface area contributed by atoms with Crippen LogP contribution in [-0.2, 0) is 13.0 Å². The summed E-state index contributed by atoms with van der Waals surface area (Å²) in [5.41, 5.74) is 5.06. The lowest BCUT2D eigenvalue weighted by molar-refractivity contribution is 0.688. The van der Waals surface area contributed by atoms with Crippen LogP contribution in [0.5, 0.6) is 0 Å². The molecule has 0 aliphatic rings. The highest BCUT2D eigenvalue weighted by atomic mass is 32.1. The highest BCUT2D eigenvalue weighted by molar-refractivity contribution is 7.13. The number of nitrogens with zero attached hydrogens (tertiary/aromatic N) is 1. The van der Waals surface area contributed by atoms with Crippen molar-refractivity contribution >= 4 is 11.3 Å². The first-order valence-corrected chi connectivity index (χ1v) is 8.03. The number of thiophene rings is 1. The molecule has 4 heteroatoms. The van der Waals surface area contributed by atoms with E-state index in [-0.39, 0.29) is 0 Å². The Balaban J connectivity index is 1.53. The molecule has 2 heterocycles. The van der Waals surface area contributed by atoms with Crippen LogP contribution in [0, 0.1) is 6.92 Å². The molecule has 0 fully saturated rings. The molecule has 0 bridgehead atoms. The van der Waals surface area contributed by atoms with Crippen LogP contribution in [-0.4, -0.2) is 16.7 Å². The topological polar surface area (TPSA) is 40.7 Å². The Morgan fingerprint density at radius 3 is 3.00 bits per heavy atom. The average Bonchev–Trinajstić information content (AvgIpc) is 3.14. The maximum absolute atomic E-state index is 4.17. The summed E-state index contributed by atoms with van der Waals surface area (Å²) in [5, 5.41) is 12.9. The highest BCUT2D eigenvalue weighted by Gasteiger charge is 2.07. The van der Waals surface area contributed by atoms with Gasteiger partial charge in [0.1, 0.15) is 0 Å². The van der Waals surface area contributed by atoms with Gasteiger partial charge in [-0.3, -0.25) is 5.10 Å². The van der Waals surface area contributed by atoms with Crippen molar-refractivity contribution in [3.05, 3.63) is 64.7 Å². The van der Waals surface area contributed by atoms with E-state index in [0.717, 1.165) is 25.2 Å². The highest BCUT2D eigenvalue weighted by Crippen LogP contribution is 2.25. The maximum atomic E-state index is 4.17. The smallest absolute Gasteiger partial charge is 0.0794 e. The molecular formula is C17H19N3S. The van der Waals surface area contributed by atoms with E-state index in [1.165, 1.54) is 21.6 Å². The van der Waals surface area contributed by atoms with E-state index in [2.05, 4.69) is 64.2 Å². The van der Waals surface area contributed by atoms with Crippen LogP contribution in [0.4, 0.5) is 0 Å². The van der Waals surface area contributed by atoms with E-state index >= 15 is 0 Å². The Labute approximate surface area is 129 Å². The molecule has 3 aromatic rings. The van der Waals surface area contributed by atoms with E-state index in [4.69, 9.17) is 0 Å². The maximum Gasteiger partial charge on any atom is 0.0794 e. The van der Waals surface area contributed by atoms with Gasteiger partial charge in [0.2, 0.25) is 0 Å². The van der Waals surface area contributed by atoms with Gasteiger partial charge in [0.05, 0.1) is 16.8 Å². The minimum Gasteiger partial charge on any atom is -0.312 e. The van der Waals surface area contributed by atoms with E-state index < -0.39 is 0 Å². The molecule has 3 nitrogen and oxygen atoms in total. The van der Waals surface area contributed by atoms with Gasteiger partial charge >= 0.3 is 0 Å². The fourth-order valence-corrected chi connectivity index (χ4v) is 3.16. The molecule has 108 valence electrons. The third-order valence-electron chi connectivity index (χ3n) is 3.47. The summed E-state index contributed by atoms with van der Waals surface area (Å²) in [6, 6.07) is 12.9. The van der Waals surface area contributed by atoms with Crippen molar-refractivity contribution in [2.24, 2.45) is 0 Å². The molecule has 2 N–H and O–H groups in total. The van der Waals surface area contributed by atoms with Gasteiger partial charge in [-0.05, 0) is 36.9 Å². The lowest BCUT2D eigenvalue weighted by Crippen LogP contribution is -2.16. The van der Waals surface area contributed by atoms with Crippen molar-refractivity contribution in [3.8, 4) is 10.6 Å². The van der Waals surface area contributed by atoms with Gasteiger partial charge < -0.3 is 5.32 Å². The van der Waals surface area contributed by atoms with Crippen LogP contribution < -0.4 is 5.32 Å². The van der Waals surface area contributed by atoms with Crippen LogP contribution in [0.25, 0.3) is 10.6 Å². The third-order valence-corrected chi connectivity index (χ3v) is 4.36. The normalized spacial score (nSPS) is 10.9. The fourth-order valence-electron chi connectivity index (χ4n) is 2.40. The standard InChI is InChI=1S/C17H19N3S/c1-13-4-2-5-14(10-13)7-8-18-11-15-12-19-20-17(15)16-6-3-9-21-16/h2-6,9-10,12,18H,7-8,11H2,1H3,(H,19,20). The number of benzene rings is 1. The number of rotatable bonds is 6. The molecule has 0 spiro atoms. The minimum absolute atomic E-state index is 0.843. The van der Waals surface area contributed by atoms with Crippen molar-refractivity contribution in [2.75, 3.05) is 6.54 Å². The fraction of sp³-hybridized carbons (Fsp3) is 0.235. The quantitative estimate of drug-likeness (QED) is 0.680. The summed E-state index contributed by atoms with van der Waals surface area (Å²) in [5.74, 6) is 0. The Hall–Kier alpha value is -1.91. The first kappa shape index (κ1) is 14.0. The lowest BCUT2D eigenvalue weighted by atomic mass is 10.1. The second-order valence-electron chi connectivity index (χ2n) is 5.16. The lowest BCUT2D eigenvalue weighted by Gasteiger charge is -2.06. The van der Waals surface area contributed by atoms with Crippen molar-refractivity contribution in [1.29, 1.82) is 0 Å². The molecule has 0 radical (unpaired) electrons. The molecule has 0 saturated carbocycles. The van der Waals surface area contributed by atoms with Gasteiger partial charge in [0.15, 0.2) is 0 Å². The number of nitrogens with one attached hydrogen (secondary N) is 2. The number of aryl methyl sites for hydroxylation is 1. The van der Waals surface area contributed by atoms with Gasteiger partial charge in [-0.1, -0.05) is 35.9 Å². The Kier molecular flexibility index (Phi) is 4.48. The molecule has 3 rings (SSSR count). The SMILES string of the molecule is Cc1cccc(CCNCc2cn[nH]c2-c2cccs2)c1. The zero-order valence-electron chi connectivity index (χ0n) is 12.1. The molecule has 0 aliphatic carbocycles. The number of aromatic amines is 1. The number of H-pyrrole nitrogens is 1. The molecule has 0 aliphatic heterocycles. The van der Waals surface area contributed by atoms with Crippen molar-refractivity contribution in [3.63, 3.8) is 0 Å². The Morgan fingerprint density at radius 2 is 2.19 bits per heavy atom. The van der Waals surface area contributed by atoms with E-state index in [9.17, 15) is 0 Å². The number of hydrogen-bond donors (Lipinski definition) is 2. The van der Waals surface area contributed by atoms with Crippen LogP contribution in [0.3, 0.4) is 0 Å². The van der Waals surface area contributed by atoms with E-state index in [0.29, 0.717) is 0 Å². The molecule has 21 heavy (non-hydrogen) atoms. The summed E-state index contributed by atoms with van der Waals surface area (Å²) in [4.78, 5) is 1.24. The third kappa shape index (κ3) is 3.60. The minimum atomic E-state index is 0.843. The Morgan fingerprint density at radius 1 is 1.24 bits per heavy atom. The monoisotopic (exact) mass is 297 g/mol. The van der Waals surface area contributed by atoms with Gasteiger partial charge in [0.25, 0.3) is 0 Å².